The Morgan fingerprint density at radius 1 is 1.44 bits per heavy atom. The molecule has 2 N–H and O–H groups in total. The summed E-state index contributed by atoms with van der Waals surface area (Å²) in [7, 11) is 1.63. The number of halogens is 1. The van der Waals surface area contributed by atoms with Crippen molar-refractivity contribution in [2.45, 2.75) is 19.4 Å². The Hall–Kier alpha value is -1.57. The molecule has 0 radical (unpaired) electrons. The monoisotopic (exact) mass is 251 g/mol. The molecule has 1 atom stereocenters. The fourth-order valence-corrected chi connectivity index (χ4v) is 1.40. The number of rotatable bonds is 5. The number of nitrogens with two attached hydrogens (primary N) is 1. The molecule has 0 bridgehead atoms. The molecule has 0 aliphatic rings. The molecule has 0 amide bonds. The fourth-order valence-electron chi connectivity index (χ4n) is 1.40. The Balaban J connectivity index is 2.81. The lowest BCUT2D eigenvalue weighted by Gasteiger charge is -2.15. The van der Waals surface area contributed by atoms with Gasteiger partial charge in [-0.25, -0.2) is 4.39 Å². The van der Waals surface area contributed by atoms with E-state index < -0.39 is 0 Å². The van der Waals surface area contributed by atoms with Crippen LogP contribution in [0.3, 0.4) is 0 Å². The van der Waals surface area contributed by atoms with Gasteiger partial charge in [0.25, 0.3) is 0 Å². The first kappa shape index (κ1) is 14.5. The molecule has 0 aromatic heterocycles. The Labute approximate surface area is 107 Å². The van der Waals surface area contributed by atoms with Gasteiger partial charge in [0.2, 0.25) is 0 Å². The highest BCUT2D eigenvalue weighted by Gasteiger charge is 2.08. The number of benzene rings is 1. The van der Waals surface area contributed by atoms with Gasteiger partial charge in [-0.05, 0) is 19.1 Å². The molecule has 0 spiro atoms. The third-order valence-electron chi connectivity index (χ3n) is 2.33. The van der Waals surface area contributed by atoms with Crippen LogP contribution in [0, 0.1) is 17.7 Å². The standard InChI is InChI=1S/C14H18FNO2/c1-11(7-9-17-2)18-14-10-13(15)6-5-12(14)4-3-8-16/h5-6,10-11H,7-9,16H2,1-2H3. The lowest BCUT2D eigenvalue weighted by Crippen LogP contribution is -2.15. The quantitative estimate of drug-likeness (QED) is 0.813. The van der Waals surface area contributed by atoms with Crippen molar-refractivity contribution in [2.75, 3.05) is 20.3 Å². The van der Waals surface area contributed by atoms with E-state index in [9.17, 15) is 4.39 Å². The summed E-state index contributed by atoms with van der Waals surface area (Å²) in [5.74, 6) is 5.69. The highest BCUT2D eigenvalue weighted by molar-refractivity contribution is 5.46. The van der Waals surface area contributed by atoms with Crippen molar-refractivity contribution in [3.63, 3.8) is 0 Å². The van der Waals surface area contributed by atoms with E-state index >= 15 is 0 Å². The number of hydrogen-bond acceptors (Lipinski definition) is 3. The van der Waals surface area contributed by atoms with E-state index in [2.05, 4.69) is 11.8 Å². The van der Waals surface area contributed by atoms with Crippen LogP contribution in [0.2, 0.25) is 0 Å². The molecule has 4 heteroatoms. The molecule has 0 saturated heterocycles. The molecule has 0 heterocycles. The van der Waals surface area contributed by atoms with Gasteiger partial charge in [-0.15, -0.1) is 0 Å². The van der Waals surface area contributed by atoms with Crippen molar-refractivity contribution >= 4 is 0 Å². The van der Waals surface area contributed by atoms with Gasteiger partial charge in [0.1, 0.15) is 11.6 Å². The molecule has 98 valence electrons. The normalized spacial score (nSPS) is 11.6. The second kappa shape index (κ2) is 7.70. The predicted molar refractivity (Wildman–Crippen MR) is 68.9 cm³/mol. The molecule has 0 saturated carbocycles. The van der Waals surface area contributed by atoms with Gasteiger partial charge in [-0.3, -0.25) is 0 Å². The number of ether oxygens (including phenoxy) is 2. The lowest BCUT2D eigenvalue weighted by atomic mass is 10.2. The van der Waals surface area contributed by atoms with Crippen molar-refractivity contribution in [1.29, 1.82) is 0 Å². The van der Waals surface area contributed by atoms with E-state index in [4.69, 9.17) is 15.2 Å². The molecule has 1 aromatic carbocycles. The molecular formula is C14H18FNO2. The summed E-state index contributed by atoms with van der Waals surface area (Å²) in [6.07, 6.45) is 0.668. The van der Waals surface area contributed by atoms with Crippen LogP contribution in [0.15, 0.2) is 18.2 Å². The first-order valence-electron chi connectivity index (χ1n) is 5.81. The minimum absolute atomic E-state index is 0.0647. The van der Waals surface area contributed by atoms with E-state index in [0.29, 0.717) is 17.9 Å². The van der Waals surface area contributed by atoms with Gasteiger partial charge in [0, 0.05) is 26.2 Å². The van der Waals surface area contributed by atoms with Crippen molar-refractivity contribution in [2.24, 2.45) is 5.73 Å². The summed E-state index contributed by atoms with van der Waals surface area (Å²) in [6, 6.07) is 4.29. The molecule has 0 aliphatic heterocycles. The van der Waals surface area contributed by atoms with Crippen LogP contribution in [-0.2, 0) is 4.74 Å². The highest BCUT2D eigenvalue weighted by Crippen LogP contribution is 2.21. The molecule has 0 fully saturated rings. The molecule has 1 aromatic rings. The third-order valence-corrected chi connectivity index (χ3v) is 2.33. The average molecular weight is 251 g/mol. The summed E-state index contributed by atoms with van der Waals surface area (Å²) < 4.78 is 23.8. The average Bonchev–Trinajstić information content (AvgIpc) is 2.35. The van der Waals surface area contributed by atoms with Crippen LogP contribution in [-0.4, -0.2) is 26.4 Å². The van der Waals surface area contributed by atoms with Crippen LogP contribution in [0.25, 0.3) is 0 Å². The van der Waals surface area contributed by atoms with Gasteiger partial charge in [0.05, 0.1) is 18.2 Å². The highest BCUT2D eigenvalue weighted by atomic mass is 19.1. The Kier molecular flexibility index (Phi) is 6.20. The Bertz CT molecular complexity index is 437. The Morgan fingerprint density at radius 2 is 2.22 bits per heavy atom. The first-order chi connectivity index (χ1) is 8.67. The molecule has 18 heavy (non-hydrogen) atoms. The van der Waals surface area contributed by atoms with Crippen molar-refractivity contribution < 1.29 is 13.9 Å². The van der Waals surface area contributed by atoms with E-state index in [1.165, 1.54) is 12.1 Å². The van der Waals surface area contributed by atoms with E-state index in [0.717, 1.165) is 6.42 Å². The van der Waals surface area contributed by atoms with Crippen LogP contribution in [0.4, 0.5) is 4.39 Å². The lowest BCUT2D eigenvalue weighted by molar-refractivity contribution is 0.135. The van der Waals surface area contributed by atoms with Gasteiger partial charge in [-0.1, -0.05) is 11.8 Å². The maximum Gasteiger partial charge on any atom is 0.138 e. The molecule has 0 aliphatic carbocycles. The van der Waals surface area contributed by atoms with E-state index in [-0.39, 0.29) is 18.5 Å². The van der Waals surface area contributed by atoms with Crippen LogP contribution in [0.1, 0.15) is 18.9 Å². The van der Waals surface area contributed by atoms with Gasteiger partial charge >= 0.3 is 0 Å². The minimum Gasteiger partial charge on any atom is -0.489 e. The zero-order valence-electron chi connectivity index (χ0n) is 10.7. The summed E-state index contributed by atoms with van der Waals surface area (Å²) in [4.78, 5) is 0. The number of methoxy groups -OCH3 is 1. The zero-order chi connectivity index (χ0) is 13.4. The molecule has 1 rings (SSSR count). The van der Waals surface area contributed by atoms with Crippen LogP contribution < -0.4 is 10.5 Å². The SMILES string of the molecule is COCCC(C)Oc1cc(F)ccc1C#CCN. The minimum atomic E-state index is -0.345. The van der Waals surface area contributed by atoms with Crippen LogP contribution >= 0.6 is 0 Å². The first-order valence-corrected chi connectivity index (χ1v) is 5.81. The molecular weight excluding hydrogens is 233 g/mol. The predicted octanol–water partition coefficient (Wildman–Crippen LogP) is 1.94. The maximum absolute atomic E-state index is 13.2. The van der Waals surface area contributed by atoms with Crippen molar-refractivity contribution in [3.8, 4) is 17.6 Å². The second-order valence-electron chi connectivity index (χ2n) is 3.86. The number of hydrogen-bond donors (Lipinski definition) is 1. The van der Waals surface area contributed by atoms with Crippen molar-refractivity contribution in [3.05, 3.63) is 29.6 Å². The van der Waals surface area contributed by atoms with Gasteiger partial charge in [0.15, 0.2) is 0 Å². The third kappa shape index (κ3) is 4.74. The summed E-state index contributed by atoms with van der Waals surface area (Å²) >= 11 is 0. The molecule has 3 nitrogen and oxygen atoms in total. The van der Waals surface area contributed by atoms with Crippen molar-refractivity contribution in [1.82, 2.24) is 0 Å². The summed E-state index contributed by atoms with van der Waals surface area (Å²) in [6.45, 7) is 2.76. The largest absolute Gasteiger partial charge is 0.489 e. The van der Waals surface area contributed by atoms with Crippen LogP contribution in [0.5, 0.6) is 5.75 Å². The van der Waals surface area contributed by atoms with E-state index in [1.54, 1.807) is 13.2 Å². The summed E-state index contributed by atoms with van der Waals surface area (Å²) in [5, 5.41) is 0. The zero-order valence-corrected chi connectivity index (χ0v) is 10.7. The van der Waals surface area contributed by atoms with E-state index in [1.807, 2.05) is 6.92 Å². The molecule has 1 unspecified atom stereocenters. The van der Waals surface area contributed by atoms with Gasteiger partial charge in [-0.2, -0.15) is 0 Å². The smallest absolute Gasteiger partial charge is 0.138 e. The summed E-state index contributed by atoms with van der Waals surface area (Å²) in [5.41, 5.74) is 5.96. The Morgan fingerprint density at radius 3 is 2.89 bits per heavy atom. The van der Waals surface area contributed by atoms with Gasteiger partial charge < -0.3 is 15.2 Å². The fraction of sp³-hybridized carbons (Fsp3) is 0.429. The topological polar surface area (TPSA) is 44.5 Å². The maximum atomic E-state index is 13.2. The second-order valence-corrected chi connectivity index (χ2v) is 3.86.